The number of imide groups is 2. The number of carbonyl (C=O) groups is 5. The monoisotopic (exact) mass is 441 g/mol. The third-order valence-electron chi connectivity index (χ3n) is 4.91. The van der Waals surface area contributed by atoms with Crippen LogP contribution in [0.5, 0.6) is 5.75 Å². The van der Waals surface area contributed by atoms with Crippen molar-refractivity contribution in [3.05, 3.63) is 58.6 Å². The molecule has 0 radical (unpaired) electrons. The van der Waals surface area contributed by atoms with Crippen LogP contribution in [0.3, 0.4) is 0 Å². The van der Waals surface area contributed by atoms with E-state index in [1.807, 2.05) is 0 Å². The summed E-state index contributed by atoms with van der Waals surface area (Å²) in [5.41, 5.74) is 0.196. The molecule has 2 aliphatic rings. The predicted octanol–water partition coefficient (Wildman–Crippen LogP) is 1.76. The van der Waals surface area contributed by atoms with Gasteiger partial charge in [-0.15, -0.1) is 0 Å². The van der Waals surface area contributed by atoms with E-state index in [9.17, 15) is 24.0 Å². The molecular weight excluding hydrogens is 426 g/mol. The summed E-state index contributed by atoms with van der Waals surface area (Å²) in [6, 6.07) is 9.89. The van der Waals surface area contributed by atoms with Crippen LogP contribution in [0.15, 0.2) is 42.5 Å². The average Bonchev–Trinajstić information content (AvgIpc) is 2.98. The Hall–Kier alpha value is -3.72. The molecular formula is C21H16ClN3O6. The minimum Gasteiger partial charge on any atom is -0.484 e. The van der Waals surface area contributed by atoms with E-state index >= 15 is 0 Å². The van der Waals surface area contributed by atoms with Crippen molar-refractivity contribution < 1.29 is 28.7 Å². The molecule has 158 valence electrons. The van der Waals surface area contributed by atoms with Crippen molar-refractivity contribution in [2.24, 2.45) is 0 Å². The molecule has 5 amide bonds. The van der Waals surface area contributed by atoms with Crippen LogP contribution in [-0.2, 0) is 14.4 Å². The second kappa shape index (κ2) is 8.19. The number of amides is 5. The molecule has 0 aromatic heterocycles. The highest BCUT2D eigenvalue weighted by Gasteiger charge is 2.45. The number of nitrogens with one attached hydrogen (secondary N) is 2. The number of nitrogens with zero attached hydrogens (tertiary/aromatic N) is 1. The first-order valence-electron chi connectivity index (χ1n) is 9.38. The molecule has 2 aromatic carbocycles. The number of piperidine rings is 1. The molecule has 1 unspecified atom stereocenters. The van der Waals surface area contributed by atoms with E-state index in [4.69, 9.17) is 16.3 Å². The summed E-state index contributed by atoms with van der Waals surface area (Å²) in [4.78, 5) is 62.5. The van der Waals surface area contributed by atoms with Gasteiger partial charge in [-0.1, -0.05) is 23.7 Å². The number of ether oxygens (including phenoxy) is 1. The van der Waals surface area contributed by atoms with Gasteiger partial charge in [0.2, 0.25) is 11.8 Å². The van der Waals surface area contributed by atoms with E-state index in [2.05, 4.69) is 10.6 Å². The molecule has 2 heterocycles. The van der Waals surface area contributed by atoms with Crippen molar-refractivity contribution in [2.75, 3.05) is 11.9 Å². The number of carbonyl (C=O) groups excluding carboxylic acids is 5. The summed E-state index contributed by atoms with van der Waals surface area (Å²) in [7, 11) is 0. The van der Waals surface area contributed by atoms with Crippen LogP contribution in [0.2, 0.25) is 5.02 Å². The molecule has 1 atom stereocenters. The Bertz CT molecular complexity index is 1130. The fraction of sp³-hybridized carbons (Fsp3) is 0.190. The SMILES string of the molecule is O=C1CCC(N2C(=O)c3cccc(NC(=O)COc4cccc(Cl)c4)c3C2=O)C(=O)N1. The van der Waals surface area contributed by atoms with E-state index in [0.29, 0.717) is 10.8 Å². The van der Waals surface area contributed by atoms with Crippen LogP contribution in [0.25, 0.3) is 0 Å². The highest BCUT2D eigenvalue weighted by atomic mass is 35.5. The molecule has 0 bridgehead atoms. The van der Waals surface area contributed by atoms with Crippen LogP contribution in [0.4, 0.5) is 5.69 Å². The maximum absolute atomic E-state index is 13.0. The van der Waals surface area contributed by atoms with Crippen LogP contribution in [0, 0.1) is 0 Å². The van der Waals surface area contributed by atoms with E-state index in [-0.39, 0.29) is 36.3 Å². The van der Waals surface area contributed by atoms with Gasteiger partial charge < -0.3 is 10.1 Å². The number of rotatable bonds is 5. The third kappa shape index (κ3) is 3.99. The lowest BCUT2D eigenvalue weighted by Gasteiger charge is -2.27. The van der Waals surface area contributed by atoms with E-state index < -0.39 is 35.6 Å². The van der Waals surface area contributed by atoms with E-state index in [1.54, 1.807) is 24.3 Å². The van der Waals surface area contributed by atoms with Gasteiger partial charge in [-0.2, -0.15) is 0 Å². The normalized spacial score (nSPS) is 18.0. The molecule has 1 fully saturated rings. The first kappa shape index (κ1) is 20.5. The van der Waals surface area contributed by atoms with Crippen LogP contribution in [0.1, 0.15) is 33.6 Å². The van der Waals surface area contributed by atoms with Gasteiger partial charge in [-0.05, 0) is 36.8 Å². The molecule has 2 N–H and O–H groups in total. The summed E-state index contributed by atoms with van der Waals surface area (Å²) >= 11 is 5.88. The standard InChI is InChI=1S/C21H16ClN3O6/c22-11-3-1-4-12(9-11)31-10-17(27)23-14-6-2-5-13-18(14)21(30)25(20(13)29)15-7-8-16(26)24-19(15)28/h1-6,9,15H,7-8,10H2,(H,23,27)(H,24,26,28). The van der Waals surface area contributed by atoms with Gasteiger partial charge in [0, 0.05) is 11.4 Å². The minimum atomic E-state index is -1.08. The highest BCUT2D eigenvalue weighted by Crippen LogP contribution is 2.32. The van der Waals surface area contributed by atoms with Crippen LogP contribution < -0.4 is 15.4 Å². The maximum atomic E-state index is 13.0. The van der Waals surface area contributed by atoms with Crippen LogP contribution >= 0.6 is 11.6 Å². The van der Waals surface area contributed by atoms with Gasteiger partial charge in [-0.25, -0.2) is 0 Å². The Morgan fingerprint density at radius 2 is 1.90 bits per heavy atom. The molecule has 0 aliphatic carbocycles. The fourth-order valence-electron chi connectivity index (χ4n) is 3.51. The van der Waals surface area contributed by atoms with Crippen molar-refractivity contribution in [1.82, 2.24) is 10.2 Å². The van der Waals surface area contributed by atoms with Gasteiger partial charge in [0.1, 0.15) is 11.8 Å². The van der Waals surface area contributed by atoms with Crippen molar-refractivity contribution in [3.63, 3.8) is 0 Å². The fourth-order valence-corrected chi connectivity index (χ4v) is 3.69. The van der Waals surface area contributed by atoms with Crippen molar-refractivity contribution >= 4 is 46.8 Å². The average molecular weight is 442 g/mol. The Morgan fingerprint density at radius 3 is 2.65 bits per heavy atom. The quantitative estimate of drug-likeness (QED) is 0.682. The predicted molar refractivity (Wildman–Crippen MR) is 109 cm³/mol. The van der Waals surface area contributed by atoms with Crippen LogP contribution in [-0.4, -0.2) is 47.1 Å². The topological polar surface area (TPSA) is 122 Å². The molecule has 1 saturated heterocycles. The third-order valence-corrected chi connectivity index (χ3v) is 5.14. The zero-order valence-electron chi connectivity index (χ0n) is 16.0. The molecule has 0 saturated carbocycles. The molecule has 10 heteroatoms. The lowest BCUT2D eigenvalue weighted by molar-refractivity contribution is -0.136. The molecule has 9 nitrogen and oxygen atoms in total. The van der Waals surface area contributed by atoms with Gasteiger partial charge in [-0.3, -0.25) is 34.2 Å². The lowest BCUT2D eigenvalue weighted by atomic mass is 10.0. The summed E-state index contributed by atoms with van der Waals surface area (Å²) in [6.07, 6.45) is 0.0690. The highest BCUT2D eigenvalue weighted by molar-refractivity contribution is 6.30. The van der Waals surface area contributed by atoms with E-state index in [0.717, 1.165) is 4.90 Å². The first-order valence-corrected chi connectivity index (χ1v) is 9.76. The Kier molecular flexibility index (Phi) is 5.43. The second-order valence-corrected chi connectivity index (χ2v) is 7.41. The molecule has 2 aliphatic heterocycles. The summed E-state index contributed by atoms with van der Waals surface area (Å²) in [5, 5.41) is 5.16. The first-order chi connectivity index (χ1) is 14.8. The van der Waals surface area contributed by atoms with Crippen molar-refractivity contribution in [1.29, 1.82) is 0 Å². The molecule has 31 heavy (non-hydrogen) atoms. The molecule has 2 aromatic rings. The van der Waals surface area contributed by atoms with Gasteiger partial charge >= 0.3 is 0 Å². The van der Waals surface area contributed by atoms with Crippen molar-refractivity contribution in [3.8, 4) is 5.75 Å². The zero-order valence-corrected chi connectivity index (χ0v) is 16.8. The van der Waals surface area contributed by atoms with Gasteiger partial charge in [0.15, 0.2) is 6.61 Å². The Balaban J connectivity index is 1.51. The molecule has 0 spiro atoms. The minimum absolute atomic E-state index is 0.00620. The number of hydrogen-bond acceptors (Lipinski definition) is 6. The zero-order chi connectivity index (χ0) is 22.1. The van der Waals surface area contributed by atoms with Gasteiger partial charge in [0.25, 0.3) is 17.7 Å². The molecule has 4 rings (SSSR count). The summed E-state index contributed by atoms with van der Waals surface area (Å²) in [5.74, 6) is -2.66. The maximum Gasteiger partial charge on any atom is 0.264 e. The van der Waals surface area contributed by atoms with Crippen molar-refractivity contribution in [2.45, 2.75) is 18.9 Å². The second-order valence-electron chi connectivity index (χ2n) is 6.97. The van der Waals surface area contributed by atoms with E-state index in [1.165, 1.54) is 18.2 Å². The number of halogens is 1. The number of hydrogen-bond donors (Lipinski definition) is 2. The Labute approximate surface area is 181 Å². The number of anilines is 1. The lowest BCUT2D eigenvalue weighted by Crippen LogP contribution is -2.54. The smallest absolute Gasteiger partial charge is 0.264 e. The number of fused-ring (bicyclic) bond motifs is 1. The largest absolute Gasteiger partial charge is 0.484 e. The van der Waals surface area contributed by atoms with Gasteiger partial charge in [0.05, 0.1) is 16.8 Å². The number of benzene rings is 2. The summed E-state index contributed by atoms with van der Waals surface area (Å²) in [6.45, 7) is -0.344. The Morgan fingerprint density at radius 1 is 1.13 bits per heavy atom. The summed E-state index contributed by atoms with van der Waals surface area (Å²) < 4.78 is 5.38.